The van der Waals surface area contributed by atoms with Crippen molar-refractivity contribution < 1.29 is 13.6 Å². The van der Waals surface area contributed by atoms with Crippen molar-refractivity contribution >= 4 is 17.5 Å². The van der Waals surface area contributed by atoms with E-state index in [9.17, 15) is 13.6 Å². The number of nitrogens with zero attached hydrogens (tertiary/aromatic N) is 2. The van der Waals surface area contributed by atoms with E-state index in [2.05, 4.69) is 5.10 Å². The summed E-state index contributed by atoms with van der Waals surface area (Å²) in [7, 11) is 0. The highest BCUT2D eigenvalue weighted by atomic mass is 35.5. The third-order valence-corrected chi connectivity index (χ3v) is 1.73. The predicted octanol–water partition coefficient (Wildman–Crippen LogP) is 2.00. The van der Waals surface area contributed by atoms with Crippen LogP contribution < -0.4 is 0 Å². The van der Waals surface area contributed by atoms with Gasteiger partial charge in [0, 0.05) is 6.92 Å². The fourth-order valence-corrected chi connectivity index (χ4v) is 1.04. The topological polar surface area (TPSA) is 34.9 Å². The molecule has 72 valence electrons. The van der Waals surface area contributed by atoms with Crippen LogP contribution in [0.15, 0.2) is 6.20 Å². The molecule has 0 bridgehead atoms. The van der Waals surface area contributed by atoms with Crippen LogP contribution in [0, 0.1) is 0 Å². The van der Waals surface area contributed by atoms with Crippen molar-refractivity contribution in [3.05, 3.63) is 16.9 Å². The molecular weight excluding hydrogens is 202 g/mol. The molecule has 0 aromatic carbocycles. The zero-order valence-corrected chi connectivity index (χ0v) is 7.55. The molecule has 0 saturated heterocycles. The van der Waals surface area contributed by atoms with E-state index >= 15 is 0 Å². The maximum Gasteiger partial charge on any atom is 0.244 e. The second kappa shape index (κ2) is 3.83. The fraction of sp³-hybridized carbons (Fsp3) is 0.429. The van der Waals surface area contributed by atoms with Crippen LogP contribution in [0.3, 0.4) is 0 Å². The van der Waals surface area contributed by atoms with E-state index in [-0.39, 0.29) is 16.6 Å². The monoisotopic (exact) mass is 208 g/mol. The Kier molecular flexibility index (Phi) is 2.98. The zero-order chi connectivity index (χ0) is 10.0. The van der Waals surface area contributed by atoms with Gasteiger partial charge in [0.2, 0.25) is 12.3 Å². The van der Waals surface area contributed by atoms with Gasteiger partial charge >= 0.3 is 0 Å². The van der Waals surface area contributed by atoms with Crippen LogP contribution in [0.25, 0.3) is 0 Å². The fourth-order valence-electron chi connectivity index (χ4n) is 0.834. The molecule has 0 aliphatic carbocycles. The molecule has 6 heteroatoms. The Morgan fingerprint density at radius 2 is 2.38 bits per heavy atom. The molecule has 1 rings (SSSR count). The van der Waals surface area contributed by atoms with Crippen molar-refractivity contribution in [3.63, 3.8) is 0 Å². The molecule has 0 spiro atoms. The van der Waals surface area contributed by atoms with Crippen molar-refractivity contribution in [3.8, 4) is 0 Å². The molecule has 0 unspecified atom stereocenters. The van der Waals surface area contributed by atoms with Crippen molar-refractivity contribution in [2.75, 3.05) is 0 Å². The Morgan fingerprint density at radius 3 is 2.77 bits per heavy atom. The van der Waals surface area contributed by atoms with Crippen molar-refractivity contribution in [2.24, 2.45) is 0 Å². The molecule has 3 nitrogen and oxygen atoms in total. The summed E-state index contributed by atoms with van der Waals surface area (Å²) in [6.07, 6.45) is -1.81. The van der Waals surface area contributed by atoms with Crippen LogP contribution in [0.1, 0.15) is 17.4 Å². The standard InChI is InChI=1S/C7H7ClF2N2O/c1-4(13)12-3-5(8)6(11-12)2-7(9)10/h3,7H,2H2,1H3. The van der Waals surface area contributed by atoms with Crippen LogP contribution in [0.5, 0.6) is 0 Å². The minimum atomic E-state index is -2.51. The molecule has 0 amide bonds. The lowest BCUT2D eigenvalue weighted by Crippen LogP contribution is -2.07. The van der Waals surface area contributed by atoms with Crippen LogP contribution in [-0.2, 0) is 6.42 Å². The Bertz CT molecular complexity index is 324. The predicted molar refractivity (Wildman–Crippen MR) is 43.2 cm³/mol. The van der Waals surface area contributed by atoms with Gasteiger partial charge in [-0.25, -0.2) is 13.5 Å². The van der Waals surface area contributed by atoms with E-state index in [1.807, 2.05) is 0 Å². The minimum Gasteiger partial charge on any atom is -0.273 e. The first-order chi connectivity index (χ1) is 6.00. The van der Waals surface area contributed by atoms with Gasteiger partial charge in [-0.3, -0.25) is 4.79 Å². The Labute approximate surface area is 78.3 Å². The van der Waals surface area contributed by atoms with Gasteiger partial charge in [0.15, 0.2) is 0 Å². The number of halogens is 3. The summed E-state index contributed by atoms with van der Waals surface area (Å²) in [5.41, 5.74) is 0.0480. The summed E-state index contributed by atoms with van der Waals surface area (Å²) < 4.78 is 24.8. The maximum atomic E-state index is 11.9. The molecule has 0 N–H and O–H groups in total. The van der Waals surface area contributed by atoms with Gasteiger partial charge in [-0.2, -0.15) is 5.10 Å². The first-order valence-corrected chi connectivity index (χ1v) is 3.91. The quantitative estimate of drug-likeness (QED) is 0.745. The summed E-state index contributed by atoms with van der Waals surface area (Å²) in [4.78, 5) is 10.8. The SMILES string of the molecule is CC(=O)n1cc(Cl)c(CC(F)F)n1. The maximum absolute atomic E-state index is 11.9. The molecule has 0 fully saturated rings. The van der Waals surface area contributed by atoms with Crippen molar-refractivity contribution in [1.29, 1.82) is 0 Å². The molecule has 1 heterocycles. The van der Waals surface area contributed by atoms with Gasteiger partial charge in [-0.05, 0) is 0 Å². The molecule has 0 aliphatic rings. The number of carbonyl (C=O) groups excluding carboxylic acids is 1. The van der Waals surface area contributed by atoms with E-state index in [1.54, 1.807) is 0 Å². The van der Waals surface area contributed by atoms with Crippen LogP contribution in [0.4, 0.5) is 8.78 Å². The number of aromatic nitrogens is 2. The van der Waals surface area contributed by atoms with Gasteiger partial charge < -0.3 is 0 Å². The number of hydrogen-bond donors (Lipinski definition) is 0. The Hall–Kier alpha value is -0.970. The van der Waals surface area contributed by atoms with Crippen molar-refractivity contribution in [1.82, 2.24) is 9.78 Å². The van der Waals surface area contributed by atoms with Gasteiger partial charge in [0.25, 0.3) is 0 Å². The number of hydrogen-bond acceptors (Lipinski definition) is 2. The van der Waals surface area contributed by atoms with Crippen LogP contribution >= 0.6 is 11.6 Å². The lowest BCUT2D eigenvalue weighted by Gasteiger charge is -1.94. The third kappa shape index (κ3) is 2.48. The molecule has 0 atom stereocenters. The Balaban J connectivity index is 2.90. The number of rotatable bonds is 2. The first-order valence-electron chi connectivity index (χ1n) is 3.54. The van der Waals surface area contributed by atoms with Gasteiger partial charge in [-0.15, -0.1) is 0 Å². The minimum absolute atomic E-state index is 0.0480. The highest BCUT2D eigenvalue weighted by molar-refractivity contribution is 6.31. The highest BCUT2D eigenvalue weighted by Gasteiger charge is 2.13. The van der Waals surface area contributed by atoms with Crippen LogP contribution in [0.2, 0.25) is 5.02 Å². The molecule has 0 saturated carbocycles. The summed E-state index contributed by atoms with van der Waals surface area (Å²) in [5.74, 6) is -0.359. The average Bonchev–Trinajstić information content (AvgIpc) is 2.31. The van der Waals surface area contributed by atoms with Gasteiger partial charge in [-0.1, -0.05) is 11.6 Å². The largest absolute Gasteiger partial charge is 0.273 e. The number of alkyl halides is 2. The number of carbonyl (C=O) groups is 1. The highest BCUT2D eigenvalue weighted by Crippen LogP contribution is 2.16. The zero-order valence-electron chi connectivity index (χ0n) is 6.80. The summed E-state index contributed by atoms with van der Waals surface area (Å²) >= 11 is 5.56. The van der Waals surface area contributed by atoms with E-state index in [1.165, 1.54) is 13.1 Å². The molecular formula is C7H7ClF2N2O. The van der Waals surface area contributed by atoms with Crippen molar-refractivity contribution in [2.45, 2.75) is 19.8 Å². The van der Waals surface area contributed by atoms with E-state index in [0.29, 0.717) is 0 Å². The Morgan fingerprint density at radius 1 is 1.77 bits per heavy atom. The lowest BCUT2D eigenvalue weighted by atomic mass is 10.3. The second-order valence-electron chi connectivity index (χ2n) is 2.48. The summed E-state index contributed by atoms with van der Waals surface area (Å²) in [5, 5.41) is 3.70. The molecule has 13 heavy (non-hydrogen) atoms. The van der Waals surface area contributed by atoms with Gasteiger partial charge in [0.1, 0.15) is 0 Å². The van der Waals surface area contributed by atoms with E-state index < -0.39 is 12.8 Å². The average molecular weight is 209 g/mol. The van der Waals surface area contributed by atoms with E-state index in [0.717, 1.165) is 4.68 Å². The molecule has 1 aromatic rings. The molecule has 0 aliphatic heterocycles. The smallest absolute Gasteiger partial charge is 0.244 e. The van der Waals surface area contributed by atoms with Crippen LogP contribution in [-0.4, -0.2) is 22.1 Å². The lowest BCUT2D eigenvalue weighted by molar-refractivity contribution is 0.0918. The molecule has 0 radical (unpaired) electrons. The molecule has 1 aromatic heterocycles. The second-order valence-corrected chi connectivity index (χ2v) is 2.89. The first kappa shape index (κ1) is 10.1. The van der Waals surface area contributed by atoms with Gasteiger partial charge in [0.05, 0.1) is 23.3 Å². The van der Waals surface area contributed by atoms with E-state index in [4.69, 9.17) is 11.6 Å². The summed E-state index contributed by atoms with van der Waals surface area (Å²) in [6.45, 7) is 1.27. The normalized spacial score (nSPS) is 10.8. The third-order valence-electron chi connectivity index (χ3n) is 1.41. The summed E-state index contributed by atoms with van der Waals surface area (Å²) in [6, 6.07) is 0.